The molecule has 1 aromatic heterocycles. The number of carbonyl (C=O) groups excluding carboxylic acids is 1. The van der Waals surface area contributed by atoms with E-state index in [2.05, 4.69) is 9.71 Å². The van der Waals surface area contributed by atoms with E-state index in [1.165, 1.54) is 18.2 Å². The van der Waals surface area contributed by atoms with E-state index >= 15 is 0 Å². The number of pyridine rings is 1. The number of hydrogen-bond acceptors (Lipinski definition) is 6. The molecule has 3 rings (SSSR count). The molecule has 2 aromatic carbocycles. The molecule has 0 aliphatic heterocycles. The number of rotatable bonds is 10. The third-order valence-electron chi connectivity index (χ3n) is 4.37. The molecule has 0 radical (unpaired) electrons. The zero-order valence-corrected chi connectivity index (χ0v) is 16.7. The first-order valence-electron chi connectivity index (χ1n) is 9.14. The number of carboxylic acid groups (broad SMARTS) is 1. The SMILES string of the molecule is O=C[C@H](CC(=O)O)NS(=O)(=O)c1ccccc1OCCc1ccnc2ccccc12. The van der Waals surface area contributed by atoms with E-state index in [4.69, 9.17) is 9.84 Å². The van der Waals surface area contributed by atoms with Crippen LogP contribution in [0.2, 0.25) is 0 Å². The smallest absolute Gasteiger partial charge is 0.305 e. The van der Waals surface area contributed by atoms with Crippen LogP contribution in [-0.2, 0) is 26.0 Å². The van der Waals surface area contributed by atoms with Gasteiger partial charge < -0.3 is 14.6 Å². The molecule has 1 atom stereocenters. The Hall–Kier alpha value is -3.30. The van der Waals surface area contributed by atoms with Crippen molar-refractivity contribution in [3.8, 4) is 5.75 Å². The van der Waals surface area contributed by atoms with Crippen molar-refractivity contribution >= 4 is 33.2 Å². The fourth-order valence-electron chi connectivity index (χ4n) is 3.00. The minimum atomic E-state index is -4.16. The Morgan fingerprint density at radius 2 is 1.87 bits per heavy atom. The van der Waals surface area contributed by atoms with Gasteiger partial charge in [0.25, 0.3) is 0 Å². The molecule has 0 aliphatic rings. The van der Waals surface area contributed by atoms with Gasteiger partial charge in [-0.3, -0.25) is 9.78 Å². The number of para-hydroxylation sites is 2. The van der Waals surface area contributed by atoms with Crippen molar-refractivity contribution in [2.24, 2.45) is 0 Å². The Balaban J connectivity index is 1.75. The van der Waals surface area contributed by atoms with Crippen molar-refractivity contribution < 1.29 is 27.9 Å². The van der Waals surface area contributed by atoms with Crippen molar-refractivity contribution in [3.05, 3.63) is 66.4 Å². The van der Waals surface area contributed by atoms with Gasteiger partial charge in [0.05, 0.1) is 24.6 Å². The first kappa shape index (κ1) is 21.4. The highest BCUT2D eigenvalue weighted by Gasteiger charge is 2.24. The molecule has 0 spiro atoms. The molecule has 0 unspecified atom stereocenters. The summed E-state index contributed by atoms with van der Waals surface area (Å²) in [4.78, 5) is 26.0. The largest absolute Gasteiger partial charge is 0.492 e. The number of nitrogens with zero attached hydrogens (tertiary/aromatic N) is 1. The maximum atomic E-state index is 12.7. The van der Waals surface area contributed by atoms with Crippen LogP contribution in [0.5, 0.6) is 5.75 Å². The highest BCUT2D eigenvalue weighted by Crippen LogP contribution is 2.24. The maximum absolute atomic E-state index is 12.7. The van der Waals surface area contributed by atoms with E-state index in [0.717, 1.165) is 16.5 Å². The van der Waals surface area contributed by atoms with Gasteiger partial charge in [-0.1, -0.05) is 30.3 Å². The number of aromatic nitrogens is 1. The zero-order chi connectivity index (χ0) is 21.6. The van der Waals surface area contributed by atoms with E-state index in [0.29, 0.717) is 6.42 Å². The molecule has 0 aliphatic carbocycles. The fourth-order valence-corrected chi connectivity index (χ4v) is 4.32. The Labute approximate surface area is 173 Å². The lowest BCUT2D eigenvalue weighted by atomic mass is 10.1. The van der Waals surface area contributed by atoms with E-state index < -0.39 is 28.5 Å². The minimum Gasteiger partial charge on any atom is -0.492 e. The number of hydrogen-bond donors (Lipinski definition) is 2. The molecule has 30 heavy (non-hydrogen) atoms. The number of benzene rings is 2. The number of ether oxygens (including phenoxy) is 1. The quantitative estimate of drug-likeness (QED) is 0.475. The van der Waals surface area contributed by atoms with Crippen molar-refractivity contribution in [1.29, 1.82) is 0 Å². The second kappa shape index (κ2) is 9.47. The van der Waals surface area contributed by atoms with E-state index in [1.54, 1.807) is 12.3 Å². The number of aliphatic carboxylic acids is 1. The molecule has 0 amide bonds. The molecule has 0 fully saturated rings. The Kier molecular flexibility index (Phi) is 6.76. The van der Waals surface area contributed by atoms with Gasteiger partial charge >= 0.3 is 5.97 Å². The number of fused-ring (bicyclic) bond motifs is 1. The maximum Gasteiger partial charge on any atom is 0.305 e. The van der Waals surface area contributed by atoms with Gasteiger partial charge in [-0.2, -0.15) is 0 Å². The van der Waals surface area contributed by atoms with Crippen LogP contribution in [0, 0.1) is 0 Å². The second-order valence-corrected chi connectivity index (χ2v) is 8.18. The minimum absolute atomic E-state index is 0.114. The van der Waals surface area contributed by atoms with Crippen LogP contribution in [0.3, 0.4) is 0 Å². The predicted molar refractivity (Wildman–Crippen MR) is 110 cm³/mol. The van der Waals surface area contributed by atoms with E-state index in [1.807, 2.05) is 30.3 Å². The van der Waals surface area contributed by atoms with Gasteiger partial charge in [0.1, 0.15) is 16.9 Å². The Morgan fingerprint density at radius 3 is 2.63 bits per heavy atom. The van der Waals surface area contributed by atoms with Gasteiger partial charge in [0, 0.05) is 18.0 Å². The van der Waals surface area contributed by atoms with Crippen LogP contribution in [0.25, 0.3) is 10.9 Å². The molecule has 0 bridgehead atoms. The fraction of sp³-hybridized carbons (Fsp3) is 0.190. The average molecular weight is 428 g/mol. The van der Waals surface area contributed by atoms with Crippen molar-refractivity contribution in [2.45, 2.75) is 23.8 Å². The van der Waals surface area contributed by atoms with Crippen LogP contribution < -0.4 is 9.46 Å². The summed E-state index contributed by atoms with van der Waals surface area (Å²) in [6.07, 6.45) is 1.84. The summed E-state index contributed by atoms with van der Waals surface area (Å²) < 4.78 is 33.1. The lowest BCUT2D eigenvalue weighted by Gasteiger charge is -2.15. The molecule has 3 aromatic rings. The summed E-state index contributed by atoms with van der Waals surface area (Å²) in [6, 6.07) is 14.2. The highest BCUT2D eigenvalue weighted by molar-refractivity contribution is 7.89. The van der Waals surface area contributed by atoms with E-state index in [-0.39, 0.29) is 23.5 Å². The normalized spacial score (nSPS) is 12.4. The monoisotopic (exact) mass is 428 g/mol. The van der Waals surface area contributed by atoms with Crippen molar-refractivity contribution in [2.75, 3.05) is 6.61 Å². The number of sulfonamides is 1. The summed E-state index contributed by atoms with van der Waals surface area (Å²) in [7, 11) is -4.16. The first-order chi connectivity index (χ1) is 14.4. The summed E-state index contributed by atoms with van der Waals surface area (Å²) in [6.45, 7) is 0.215. The van der Waals surface area contributed by atoms with Gasteiger partial charge in [-0.05, 0) is 29.8 Å². The van der Waals surface area contributed by atoms with Gasteiger partial charge in [-0.15, -0.1) is 0 Å². The number of carbonyl (C=O) groups is 2. The third-order valence-corrected chi connectivity index (χ3v) is 5.90. The van der Waals surface area contributed by atoms with Crippen LogP contribution in [0.4, 0.5) is 0 Å². The summed E-state index contributed by atoms with van der Waals surface area (Å²) in [5.74, 6) is -1.17. The molecule has 0 saturated carbocycles. The van der Waals surface area contributed by atoms with Crippen LogP contribution in [0.15, 0.2) is 65.7 Å². The lowest BCUT2D eigenvalue weighted by molar-refractivity contribution is -0.138. The molecule has 0 saturated heterocycles. The highest BCUT2D eigenvalue weighted by atomic mass is 32.2. The van der Waals surface area contributed by atoms with Crippen molar-refractivity contribution in [1.82, 2.24) is 9.71 Å². The number of carboxylic acids is 1. The number of aldehydes is 1. The molecular formula is C21H20N2O6S. The summed E-state index contributed by atoms with van der Waals surface area (Å²) in [5.41, 5.74) is 1.88. The average Bonchev–Trinajstić information content (AvgIpc) is 2.73. The standard InChI is InChI=1S/C21H20N2O6S/c24-14-16(13-21(25)26)23-30(27,28)20-8-4-3-7-19(20)29-12-10-15-9-11-22-18-6-2-1-5-17(15)18/h1-9,11,14,16,23H,10,12-13H2,(H,25,26)/t16-/m0/s1. The zero-order valence-electron chi connectivity index (χ0n) is 15.9. The van der Waals surface area contributed by atoms with Gasteiger partial charge in [-0.25, -0.2) is 13.1 Å². The predicted octanol–water partition coefficient (Wildman–Crippen LogP) is 2.18. The van der Waals surface area contributed by atoms with Crippen molar-refractivity contribution in [3.63, 3.8) is 0 Å². The van der Waals surface area contributed by atoms with Crippen LogP contribution in [0.1, 0.15) is 12.0 Å². The van der Waals surface area contributed by atoms with Gasteiger partial charge in [0.2, 0.25) is 10.0 Å². The molecule has 9 heteroatoms. The molecule has 1 heterocycles. The third kappa shape index (κ3) is 5.19. The molecule has 8 nitrogen and oxygen atoms in total. The number of nitrogens with one attached hydrogen (secondary N) is 1. The second-order valence-electron chi connectivity index (χ2n) is 6.49. The Bertz CT molecular complexity index is 1160. The molecular weight excluding hydrogens is 408 g/mol. The van der Waals surface area contributed by atoms with Crippen LogP contribution in [-0.4, -0.2) is 43.4 Å². The lowest BCUT2D eigenvalue weighted by Crippen LogP contribution is -2.37. The summed E-state index contributed by atoms with van der Waals surface area (Å²) in [5, 5.41) is 9.81. The topological polar surface area (TPSA) is 123 Å². The summed E-state index contributed by atoms with van der Waals surface area (Å²) >= 11 is 0. The van der Waals surface area contributed by atoms with Gasteiger partial charge in [0.15, 0.2) is 0 Å². The Morgan fingerprint density at radius 1 is 1.13 bits per heavy atom. The molecule has 156 valence electrons. The van der Waals surface area contributed by atoms with Crippen LogP contribution >= 0.6 is 0 Å². The first-order valence-corrected chi connectivity index (χ1v) is 10.6. The molecule has 2 N–H and O–H groups in total. The van der Waals surface area contributed by atoms with E-state index in [9.17, 15) is 18.0 Å².